The highest BCUT2D eigenvalue weighted by atomic mass is 16.4. The minimum atomic E-state index is -1.02. The first kappa shape index (κ1) is 10.5. The molecule has 3 N–H and O–H groups in total. The number of carbonyl (C=O) groups is 1. The Morgan fingerprint density at radius 3 is 2.72 bits per heavy atom. The highest BCUT2D eigenvalue weighted by molar-refractivity contribution is 5.88. The van der Waals surface area contributed by atoms with Gasteiger partial charge in [0.25, 0.3) is 0 Å². The summed E-state index contributed by atoms with van der Waals surface area (Å²) in [6.45, 7) is 0. The van der Waals surface area contributed by atoms with Gasteiger partial charge >= 0.3 is 5.97 Å². The molecule has 0 amide bonds. The zero-order chi connectivity index (χ0) is 12.7. The number of carboxylic acids is 1. The highest BCUT2D eigenvalue weighted by Gasteiger charge is 2.11. The molecule has 0 bridgehead atoms. The first-order chi connectivity index (χ1) is 8.63. The van der Waals surface area contributed by atoms with Gasteiger partial charge in [-0.3, -0.25) is 0 Å². The summed E-state index contributed by atoms with van der Waals surface area (Å²) in [5, 5.41) is 19.0. The van der Waals surface area contributed by atoms with E-state index >= 15 is 0 Å². The van der Waals surface area contributed by atoms with Gasteiger partial charge < -0.3 is 19.6 Å². The van der Waals surface area contributed by atoms with Gasteiger partial charge in [-0.25, -0.2) is 4.79 Å². The summed E-state index contributed by atoms with van der Waals surface area (Å²) < 4.78 is 5.54. The molecule has 3 aromatic rings. The van der Waals surface area contributed by atoms with E-state index in [4.69, 9.17) is 9.52 Å². The van der Waals surface area contributed by atoms with Gasteiger partial charge in [0.15, 0.2) is 5.76 Å². The van der Waals surface area contributed by atoms with Crippen LogP contribution in [-0.2, 0) is 0 Å². The van der Waals surface area contributed by atoms with E-state index in [-0.39, 0.29) is 11.4 Å². The molecule has 3 rings (SSSR count). The van der Waals surface area contributed by atoms with Crippen molar-refractivity contribution in [3.05, 3.63) is 42.1 Å². The van der Waals surface area contributed by atoms with Gasteiger partial charge in [-0.05, 0) is 30.3 Å². The van der Waals surface area contributed by atoms with Crippen molar-refractivity contribution >= 4 is 16.9 Å². The number of furan rings is 1. The third-order valence-electron chi connectivity index (χ3n) is 2.69. The van der Waals surface area contributed by atoms with Crippen molar-refractivity contribution in [2.45, 2.75) is 0 Å². The van der Waals surface area contributed by atoms with Crippen molar-refractivity contribution in [1.29, 1.82) is 0 Å². The highest BCUT2D eigenvalue weighted by Crippen LogP contribution is 2.29. The standard InChI is InChI=1S/C13H9NO4/c15-8-2-1-7-5-12(18-11(7)6-8)9-3-4-10(14-9)13(16)17/h1-6,14-15H,(H,16,17). The molecule has 18 heavy (non-hydrogen) atoms. The van der Waals surface area contributed by atoms with Crippen LogP contribution in [0, 0.1) is 0 Å². The van der Waals surface area contributed by atoms with Crippen molar-refractivity contribution < 1.29 is 19.4 Å². The molecule has 0 saturated heterocycles. The van der Waals surface area contributed by atoms with Crippen molar-refractivity contribution in [3.63, 3.8) is 0 Å². The molecule has 90 valence electrons. The number of fused-ring (bicyclic) bond motifs is 1. The second-order valence-corrected chi connectivity index (χ2v) is 3.92. The fraction of sp³-hybridized carbons (Fsp3) is 0. The van der Waals surface area contributed by atoms with E-state index < -0.39 is 5.97 Å². The molecule has 0 spiro atoms. The van der Waals surface area contributed by atoms with E-state index in [1.165, 1.54) is 12.1 Å². The summed E-state index contributed by atoms with van der Waals surface area (Å²) in [6, 6.07) is 9.72. The van der Waals surface area contributed by atoms with E-state index in [1.807, 2.05) is 0 Å². The molecule has 0 aliphatic heterocycles. The second kappa shape index (κ2) is 3.66. The van der Waals surface area contributed by atoms with E-state index in [2.05, 4.69) is 4.98 Å². The molecule has 0 fully saturated rings. The van der Waals surface area contributed by atoms with Gasteiger partial charge in [0, 0.05) is 11.5 Å². The van der Waals surface area contributed by atoms with Crippen LogP contribution in [0.15, 0.2) is 40.8 Å². The van der Waals surface area contributed by atoms with Crippen molar-refractivity contribution in [3.8, 4) is 17.2 Å². The molecule has 2 aromatic heterocycles. The van der Waals surface area contributed by atoms with Gasteiger partial charge in [0.1, 0.15) is 17.0 Å². The maximum atomic E-state index is 10.8. The summed E-state index contributed by atoms with van der Waals surface area (Å²) >= 11 is 0. The molecule has 2 heterocycles. The summed E-state index contributed by atoms with van der Waals surface area (Å²) in [6.07, 6.45) is 0. The molecular weight excluding hydrogens is 234 g/mol. The topological polar surface area (TPSA) is 86.5 Å². The van der Waals surface area contributed by atoms with Crippen LogP contribution < -0.4 is 0 Å². The van der Waals surface area contributed by atoms with Gasteiger partial charge in [-0.15, -0.1) is 0 Å². The predicted molar refractivity (Wildman–Crippen MR) is 64.6 cm³/mol. The number of benzene rings is 1. The third kappa shape index (κ3) is 1.62. The first-order valence-electron chi connectivity index (χ1n) is 5.29. The van der Waals surface area contributed by atoms with Crippen molar-refractivity contribution in [2.24, 2.45) is 0 Å². The fourth-order valence-corrected chi connectivity index (χ4v) is 1.82. The second-order valence-electron chi connectivity index (χ2n) is 3.92. The van der Waals surface area contributed by atoms with Crippen LogP contribution in [0.2, 0.25) is 0 Å². The van der Waals surface area contributed by atoms with Crippen molar-refractivity contribution in [1.82, 2.24) is 4.98 Å². The van der Waals surface area contributed by atoms with Crippen LogP contribution in [0.25, 0.3) is 22.4 Å². The lowest BCUT2D eigenvalue weighted by Gasteiger charge is -1.91. The Morgan fingerprint density at radius 2 is 2.00 bits per heavy atom. The van der Waals surface area contributed by atoms with Crippen LogP contribution in [0.3, 0.4) is 0 Å². The maximum Gasteiger partial charge on any atom is 0.352 e. The third-order valence-corrected chi connectivity index (χ3v) is 2.69. The van der Waals surface area contributed by atoms with E-state index in [0.717, 1.165) is 5.39 Å². The summed E-state index contributed by atoms with van der Waals surface area (Å²) in [5.41, 5.74) is 1.24. The zero-order valence-corrected chi connectivity index (χ0v) is 9.18. The maximum absolute atomic E-state index is 10.8. The number of aromatic nitrogens is 1. The van der Waals surface area contributed by atoms with E-state index in [9.17, 15) is 9.90 Å². The lowest BCUT2D eigenvalue weighted by atomic mass is 10.2. The summed E-state index contributed by atoms with van der Waals surface area (Å²) in [4.78, 5) is 13.5. The zero-order valence-electron chi connectivity index (χ0n) is 9.18. The first-order valence-corrected chi connectivity index (χ1v) is 5.29. The molecule has 1 aromatic carbocycles. The van der Waals surface area contributed by atoms with Gasteiger partial charge in [0.2, 0.25) is 0 Å². The monoisotopic (exact) mass is 243 g/mol. The van der Waals surface area contributed by atoms with Crippen LogP contribution in [0.1, 0.15) is 10.5 Å². The Bertz CT molecular complexity index is 738. The van der Waals surface area contributed by atoms with Gasteiger partial charge in [-0.2, -0.15) is 0 Å². The smallest absolute Gasteiger partial charge is 0.352 e. The number of carboxylic acid groups (broad SMARTS) is 1. The number of hydrogen-bond acceptors (Lipinski definition) is 3. The van der Waals surface area contributed by atoms with Gasteiger partial charge in [0.05, 0.1) is 5.69 Å². The number of aromatic amines is 1. The SMILES string of the molecule is O=C(O)c1ccc(-c2cc3ccc(O)cc3o2)[nH]1. The molecule has 5 heteroatoms. The minimum Gasteiger partial charge on any atom is -0.508 e. The Labute approximate surface area is 101 Å². The Balaban J connectivity index is 2.10. The summed E-state index contributed by atoms with van der Waals surface area (Å²) in [7, 11) is 0. The van der Waals surface area contributed by atoms with Crippen LogP contribution in [0.4, 0.5) is 0 Å². The Hall–Kier alpha value is -2.69. The molecule has 0 unspecified atom stereocenters. The number of phenols is 1. The summed E-state index contributed by atoms with van der Waals surface area (Å²) in [5.74, 6) is -0.362. The van der Waals surface area contributed by atoms with Crippen molar-refractivity contribution in [2.75, 3.05) is 0 Å². The Morgan fingerprint density at radius 1 is 1.17 bits per heavy atom. The number of aromatic hydroxyl groups is 1. The molecule has 0 aliphatic carbocycles. The number of phenolic OH excluding ortho intramolecular Hbond substituents is 1. The number of aromatic carboxylic acids is 1. The lowest BCUT2D eigenvalue weighted by molar-refractivity contribution is 0.0691. The van der Waals surface area contributed by atoms with Crippen LogP contribution in [0.5, 0.6) is 5.75 Å². The molecule has 0 aliphatic rings. The largest absolute Gasteiger partial charge is 0.508 e. The van der Waals surface area contributed by atoms with Crippen LogP contribution >= 0.6 is 0 Å². The quantitative estimate of drug-likeness (QED) is 0.645. The van der Waals surface area contributed by atoms with E-state index in [1.54, 1.807) is 24.3 Å². The molecule has 5 nitrogen and oxygen atoms in total. The minimum absolute atomic E-state index is 0.105. The number of hydrogen-bond donors (Lipinski definition) is 3. The lowest BCUT2D eigenvalue weighted by Crippen LogP contribution is -1.95. The molecule has 0 saturated carbocycles. The average Bonchev–Trinajstić information content (AvgIpc) is 2.93. The number of H-pyrrole nitrogens is 1. The normalized spacial score (nSPS) is 10.9. The molecule has 0 radical (unpaired) electrons. The molecular formula is C13H9NO4. The molecule has 0 atom stereocenters. The van der Waals surface area contributed by atoms with Crippen LogP contribution in [-0.4, -0.2) is 21.2 Å². The van der Waals surface area contributed by atoms with Gasteiger partial charge in [-0.1, -0.05) is 0 Å². The van der Waals surface area contributed by atoms with E-state index in [0.29, 0.717) is 17.0 Å². The number of rotatable bonds is 2. The number of nitrogens with one attached hydrogen (secondary N) is 1. The Kier molecular flexibility index (Phi) is 2.13. The predicted octanol–water partition coefficient (Wildman–Crippen LogP) is 2.83. The average molecular weight is 243 g/mol. The fourth-order valence-electron chi connectivity index (χ4n) is 1.82.